The third-order valence-electron chi connectivity index (χ3n) is 2.98. The summed E-state index contributed by atoms with van der Waals surface area (Å²) in [7, 11) is -3.50. The lowest BCUT2D eigenvalue weighted by atomic mass is 10.2. The molecule has 10 heteroatoms. The minimum atomic E-state index is -3.50. The van der Waals surface area contributed by atoms with Gasteiger partial charge in [0.05, 0.1) is 4.92 Å². The van der Waals surface area contributed by atoms with E-state index in [0.29, 0.717) is 17.9 Å². The number of aromatic nitrogens is 1. The molecule has 0 atom stereocenters. The summed E-state index contributed by atoms with van der Waals surface area (Å²) in [5.41, 5.74) is 0.437. The Labute approximate surface area is 137 Å². The van der Waals surface area contributed by atoms with E-state index in [9.17, 15) is 18.5 Å². The molecule has 0 unspecified atom stereocenters. The van der Waals surface area contributed by atoms with Crippen LogP contribution in [0.4, 0.5) is 11.5 Å². The van der Waals surface area contributed by atoms with Gasteiger partial charge in [0, 0.05) is 23.5 Å². The fourth-order valence-electron chi connectivity index (χ4n) is 1.84. The van der Waals surface area contributed by atoms with Crippen LogP contribution in [0.5, 0.6) is 0 Å². The number of hydrogen-bond acceptors (Lipinski definition) is 7. The van der Waals surface area contributed by atoms with Crippen molar-refractivity contribution in [2.24, 2.45) is 0 Å². The lowest BCUT2D eigenvalue weighted by Crippen LogP contribution is -2.28. The number of nitro groups is 1. The molecule has 0 spiro atoms. The highest BCUT2D eigenvalue weighted by molar-refractivity contribution is 7.91. The zero-order valence-electron chi connectivity index (χ0n) is 12.6. The molecule has 2 aromatic heterocycles. The van der Waals surface area contributed by atoms with Crippen LogP contribution in [0.2, 0.25) is 0 Å². The molecule has 0 aliphatic carbocycles. The van der Waals surface area contributed by atoms with Crippen molar-refractivity contribution in [3.8, 4) is 0 Å². The van der Waals surface area contributed by atoms with Crippen LogP contribution in [-0.4, -0.2) is 31.4 Å². The van der Waals surface area contributed by atoms with Gasteiger partial charge in [-0.05, 0) is 32.0 Å². The molecule has 2 aromatic rings. The summed E-state index contributed by atoms with van der Waals surface area (Å²) in [6.07, 6.45) is 1.18. The van der Waals surface area contributed by atoms with Gasteiger partial charge in [0.2, 0.25) is 10.0 Å². The number of nitrogens with one attached hydrogen (secondary N) is 2. The van der Waals surface area contributed by atoms with Crippen LogP contribution in [0.3, 0.4) is 0 Å². The topological polar surface area (TPSA) is 114 Å². The van der Waals surface area contributed by atoms with E-state index in [0.717, 1.165) is 4.88 Å². The van der Waals surface area contributed by atoms with Crippen LogP contribution in [0.1, 0.15) is 10.4 Å². The molecule has 2 heterocycles. The SMILES string of the molecule is Cc1ccc(S(=O)(=O)NCCNc2cc(C)c([N+](=O)[O-])cn2)s1. The Balaban J connectivity index is 1.88. The molecule has 0 saturated heterocycles. The lowest BCUT2D eigenvalue weighted by Gasteiger charge is -2.07. The fraction of sp³-hybridized carbons (Fsp3) is 0.308. The van der Waals surface area contributed by atoms with Gasteiger partial charge in [-0.2, -0.15) is 0 Å². The molecule has 0 bridgehead atoms. The summed E-state index contributed by atoms with van der Waals surface area (Å²) in [6.45, 7) is 3.95. The molecule has 0 aromatic carbocycles. The number of nitrogens with zero attached hydrogens (tertiary/aromatic N) is 2. The van der Waals surface area contributed by atoms with Gasteiger partial charge in [-0.1, -0.05) is 0 Å². The van der Waals surface area contributed by atoms with E-state index in [4.69, 9.17) is 0 Å². The second-order valence-corrected chi connectivity index (χ2v) is 8.08. The van der Waals surface area contributed by atoms with Crippen molar-refractivity contribution in [1.82, 2.24) is 9.71 Å². The standard InChI is InChI=1S/C13H16N4O4S2/c1-9-7-12(15-8-11(9)17(18)19)14-5-6-16-23(20,21)13-4-3-10(2)22-13/h3-4,7-8,16H,5-6H2,1-2H3,(H,14,15). The monoisotopic (exact) mass is 356 g/mol. The number of thiophene rings is 1. The van der Waals surface area contributed by atoms with Crippen LogP contribution in [0.15, 0.2) is 28.6 Å². The molecular weight excluding hydrogens is 340 g/mol. The van der Waals surface area contributed by atoms with Crippen molar-refractivity contribution in [2.45, 2.75) is 18.1 Å². The number of aryl methyl sites for hydroxylation is 2. The van der Waals surface area contributed by atoms with Crippen molar-refractivity contribution in [3.05, 3.63) is 45.0 Å². The van der Waals surface area contributed by atoms with Gasteiger partial charge in [0.1, 0.15) is 16.2 Å². The van der Waals surface area contributed by atoms with Crippen LogP contribution < -0.4 is 10.0 Å². The van der Waals surface area contributed by atoms with Gasteiger partial charge in [0.15, 0.2) is 0 Å². The van der Waals surface area contributed by atoms with E-state index in [1.807, 2.05) is 6.92 Å². The maximum atomic E-state index is 12.0. The number of pyridine rings is 1. The summed E-state index contributed by atoms with van der Waals surface area (Å²) in [4.78, 5) is 15.1. The first-order chi connectivity index (χ1) is 10.8. The average molecular weight is 356 g/mol. The Morgan fingerprint density at radius 1 is 1.30 bits per heavy atom. The maximum Gasteiger partial charge on any atom is 0.290 e. The molecule has 0 radical (unpaired) electrons. The minimum absolute atomic E-state index is 0.0516. The van der Waals surface area contributed by atoms with Gasteiger partial charge in [-0.15, -0.1) is 11.3 Å². The van der Waals surface area contributed by atoms with E-state index >= 15 is 0 Å². The molecule has 0 saturated carbocycles. The Morgan fingerprint density at radius 3 is 2.61 bits per heavy atom. The number of anilines is 1. The number of hydrogen-bond donors (Lipinski definition) is 2. The van der Waals surface area contributed by atoms with Crippen molar-refractivity contribution >= 4 is 32.9 Å². The van der Waals surface area contributed by atoms with Crippen LogP contribution in [0.25, 0.3) is 0 Å². The van der Waals surface area contributed by atoms with E-state index in [1.54, 1.807) is 25.1 Å². The Hall–Kier alpha value is -2.04. The molecular formula is C13H16N4O4S2. The molecule has 0 fully saturated rings. The maximum absolute atomic E-state index is 12.0. The smallest absolute Gasteiger partial charge is 0.290 e. The van der Waals surface area contributed by atoms with E-state index in [-0.39, 0.29) is 16.4 Å². The van der Waals surface area contributed by atoms with Crippen LogP contribution in [-0.2, 0) is 10.0 Å². The Bertz CT molecular complexity index is 817. The van der Waals surface area contributed by atoms with E-state index in [1.165, 1.54) is 17.5 Å². The molecule has 2 rings (SSSR count). The van der Waals surface area contributed by atoms with E-state index < -0.39 is 14.9 Å². The highest BCUT2D eigenvalue weighted by Gasteiger charge is 2.15. The molecule has 23 heavy (non-hydrogen) atoms. The molecule has 0 aliphatic heterocycles. The van der Waals surface area contributed by atoms with Gasteiger partial charge in [0.25, 0.3) is 5.69 Å². The zero-order valence-corrected chi connectivity index (χ0v) is 14.2. The van der Waals surface area contributed by atoms with Crippen LogP contribution in [0, 0.1) is 24.0 Å². The molecule has 0 amide bonds. The predicted molar refractivity (Wildman–Crippen MR) is 88.4 cm³/mol. The van der Waals surface area contributed by atoms with Gasteiger partial charge in [-0.25, -0.2) is 18.1 Å². The highest BCUT2D eigenvalue weighted by Crippen LogP contribution is 2.20. The average Bonchev–Trinajstić information content (AvgIpc) is 2.91. The lowest BCUT2D eigenvalue weighted by molar-refractivity contribution is -0.385. The molecule has 8 nitrogen and oxygen atoms in total. The first kappa shape index (κ1) is 17.3. The number of rotatable bonds is 7. The quantitative estimate of drug-likeness (QED) is 0.446. The second-order valence-electron chi connectivity index (χ2n) is 4.80. The minimum Gasteiger partial charge on any atom is -0.369 e. The Morgan fingerprint density at radius 2 is 2.04 bits per heavy atom. The van der Waals surface area contributed by atoms with Crippen molar-refractivity contribution in [2.75, 3.05) is 18.4 Å². The molecule has 124 valence electrons. The summed E-state index contributed by atoms with van der Waals surface area (Å²) in [5, 5.41) is 13.6. The zero-order chi connectivity index (χ0) is 17.0. The largest absolute Gasteiger partial charge is 0.369 e. The summed E-state index contributed by atoms with van der Waals surface area (Å²) < 4.78 is 26.8. The summed E-state index contributed by atoms with van der Waals surface area (Å²) in [5.74, 6) is 0.458. The van der Waals surface area contributed by atoms with Crippen molar-refractivity contribution in [3.63, 3.8) is 0 Å². The van der Waals surface area contributed by atoms with Crippen LogP contribution >= 0.6 is 11.3 Å². The van der Waals surface area contributed by atoms with E-state index in [2.05, 4.69) is 15.0 Å². The normalized spacial score (nSPS) is 11.4. The third-order valence-corrected chi connectivity index (χ3v) is 5.94. The van der Waals surface area contributed by atoms with Gasteiger partial charge >= 0.3 is 0 Å². The highest BCUT2D eigenvalue weighted by atomic mass is 32.2. The first-order valence-corrected chi connectivity index (χ1v) is 9.00. The third kappa shape index (κ3) is 4.47. The van der Waals surface area contributed by atoms with Gasteiger partial charge < -0.3 is 5.32 Å². The predicted octanol–water partition coefficient (Wildman–Crippen LogP) is 2.06. The second kappa shape index (κ2) is 7.02. The molecule has 2 N–H and O–H groups in total. The number of sulfonamides is 1. The van der Waals surface area contributed by atoms with Crippen molar-refractivity contribution < 1.29 is 13.3 Å². The Kier molecular flexibility index (Phi) is 5.29. The summed E-state index contributed by atoms with van der Waals surface area (Å²) >= 11 is 1.21. The first-order valence-electron chi connectivity index (χ1n) is 6.70. The van der Waals surface area contributed by atoms with Gasteiger partial charge in [-0.3, -0.25) is 10.1 Å². The summed E-state index contributed by atoms with van der Waals surface area (Å²) in [6, 6.07) is 4.87. The fourth-order valence-corrected chi connectivity index (χ4v) is 4.20. The molecule has 0 aliphatic rings. The van der Waals surface area contributed by atoms with Crippen molar-refractivity contribution in [1.29, 1.82) is 0 Å².